The lowest BCUT2D eigenvalue weighted by molar-refractivity contribution is -0.117. The Kier molecular flexibility index (Phi) is 4.47. The van der Waals surface area contributed by atoms with E-state index in [9.17, 15) is 9.59 Å². The molecular formula is C18H17N3O2. The zero-order valence-electron chi connectivity index (χ0n) is 12.6. The molecular weight excluding hydrogens is 290 g/mol. The number of benzene rings is 1. The first kappa shape index (κ1) is 15.0. The number of carbonyl (C=O) groups is 2. The quantitative estimate of drug-likeness (QED) is 0.884. The fraction of sp³-hybridized carbons (Fsp3) is 0.167. The van der Waals surface area contributed by atoms with Gasteiger partial charge in [0.25, 0.3) is 0 Å². The Morgan fingerprint density at radius 2 is 2.04 bits per heavy atom. The van der Waals surface area contributed by atoms with E-state index < -0.39 is 0 Å². The van der Waals surface area contributed by atoms with Crippen molar-refractivity contribution in [2.24, 2.45) is 0 Å². The van der Waals surface area contributed by atoms with Crippen LogP contribution in [-0.4, -0.2) is 23.3 Å². The Morgan fingerprint density at radius 3 is 2.78 bits per heavy atom. The second-order valence-electron chi connectivity index (χ2n) is 5.30. The zero-order chi connectivity index (χ0) is 16.1. The molecule has 0 saturated carbocycles. The van der Waals surface area contributed by atoms with Crippen LogP contribution < -0.4 is 10.2 Å². The number of anilines is 2. The number of hydrogen-bond donors (Lipinski definition) is 1. The van der Waals surface area contributed by atoms with E-state index in [4.69, 9.17) is 0 Å². The van der Waals surface area contributed by atoms with Gasteiger partial charge in [-0.05, 0) is 48.4 Å². The van der Waals surface area contributed by atoms with Gasteiger partial charge in [-0.2, -0.15) is 0 Å². The summed E-state index contributed by atoms with van der Waals surface area (Å²) in [5.41, 5.74) is 2.40. The molecule has 1 aromatic heterocycles. The summed E-state index contributed by atoms with van der Waals surface area (Å²) in [7, 11) is 0. The highest BCUT2D eigenvalue weighted by Gasteiger charge is 2.21. The van der Waals surface area contributed by atoms with Gasteiger partial charge in [0, 0.05) is 42.8 Å². The van der Waals surface area contributed by atoms with E-state index in [0.29, 0.717) is 12.1 Å². The molecule has 2 aromatic rings. The molecule has 2 heterocycles. The van der Waals surface area contributed by atoms with E-state index in [1.165, 1.54) is 6.08 Å². The van der Waals surface area contributed by atoms with Gasteiger partial charge in [-0.15, -0.1) is 0 Å². The van der Waals surface area contributed by atoms with E-state index >= 15 is 0 Å². The summed E-state index contributed by atoms with van der Waals surface area (Å²) in [5, 5.41) is 2.81. The highest BCUT2D eigenvalue weighted by atomic mass is 16.2. The molecule has 1 N–H and O–H groups in total. The van der Waals surface area contributed by atoms with E-state index in [1.807, 2.05) is 36.4 Å². The van der Waals surface area contributed by atoms with Gasteiger partial charge >= 0.3 is 0 Å². The van der Waals surface area contributed by atoms with Crippen molar-refractivity contribution in [3.63, 3.8) is 0 Å². The Balaban J connectivity index is 1.67. The molecule has 0 bridgehead atoms. The number of carbonyl (C=O) groups excluding carboxylic acids is 2. The predicted octanol–water partition coefficient (Wildman–Crippen LogP) is 2.86. The smallest absolute Gasteiger partial charge is 0.248 e. The van der Waals surface area contributed by atoms with Crippen molar-refractivity contribution < 1.29 is 9.59 Å². The Bertz CT molecular complexity index is 741. The van der Waals surface area contributed by atoms with Gasteiger partial charge in [-0.25, -0.2) is 0 Å². The fourth-order valence-corrected chi connectivity index (χ4v) is 2.50. The number of rotatable bonds is 4. The topological polar surface area (TPSA) is 62.3 Å². The van der Waals surface area contributed by atoms with Crippen molar-refractivity contribution >= 4 is 29.3 Å². The first-order valence-electron chi connectivity index (χ1n) is 7.52. The molecule has 2 amide bonds. The molecule has 0 aliphatic carbocycles. The highest BCUT2D eigenvalue weighted by molar-refractivity contribution is 6.02. The monoisotopic (exact) mass is 307 g/mol. The number of hydrogen-bond acceptors (Lipinski definition) is 3. The van der Waals surface area contributed by atoms with Gasteiger partial charge in [0.2, 0.25) is 11.8 Å². The maximum Gasteiger partial charge on any atom is 0.248 e. The summed E-state index contributed by atoms with van der Waals surface area (Å²) < 4.78 is 0. The van der Waals surface area contributed by atoms with Crippen LogP contribution in [0.5, 0.6) is 0 Å². The molecule has 5 nitrogen and oxygen atoms in total. The normalized spacial score (nSPS) is 14.4. The van der Waals surface area contributed by atoms with Gasteiger partial charge in [0.1, 0.15) is 0 Å². The van der Waals surface area contributed by atoms with E-state index in [1.54, 1.807) is 23.4 Å². The molecule has 116 valence electrons. The van der Waals surface area contributed by atoms with Crippen molar-refractivity contribution in [2.45, 2.75) is 12.8 Å². The molecule has 0 atom stereocenters. The summed E-state index contributed by atoms with van der Waals surface area (Å²) in [6.45, 7) is 0.734. The van der Waals surface area contributed by atoms with E-state index in [-0.39, 0.29) is 11.8 Å². The van der Waals surface area contributed by atoms with Crippen molar-refractivity contribution in [1.29, 1.82) is 0 Å². The average molecular weight is 307 g/mol. The van der Waals surface area contributed by atoms with Crippen LogP contribution in [0.15, 0.2) is 54.9 Å². The fourth-order valence-electron chi connectivity index (χ4n) is 2.50. The average Bonchev–Trinajstić information content (AvgIpc) is 3.00. The van der Waals surface area contributed by atoms with Gasteiger partial charge in [-0.3, -0.25) is 14.6 Å². The van der Waals surface area contributed by atoms with E-state index in [0.717, 1.165) is 24.2 Å². The van der Waals surface area contributed by atoms with Crippen LogP contribution in [0.2, 0.25) is 0 Å². The highest BCUT2D eigenvalue weighted by Crippen LogP contribution is 2.24. The maximum atomic E-state index is 12.0. The minimum atomic E-state index is -0.216. The zero-order valence-corrected chi connectivity index (χ0v) is 12.6. The largest absolute Gasteiger partial charge is 0.322 e. The second-order valence-corrected chi connectivity index (χ2v) is 5.30. The van der Waals surface area contributed by atoms with Gasteiger partial charge < -0.3 is 10.2 Å². The Hall–Kier alpha value is -2.95. The SMILES string of the molecule is O=C(/C=C/c1ccncc1)Nc1cccc(N2CCCC2=O)c1. The first-order chi connectivity index (χ1) is 11.2. The number of amides is 2. The van der Waals surface area contributed by atoms with E-state index in [2.05, 4.69) is 10.3 Å². The summed E-state index contributed by atoms with van der Waals surface area (Å²) in [5.74, 6) is -0.0854. The van der Waals surface area contributed by atoms with Crippen LogP contribution in [0.4, 0.5) is 11.4 Å². The van der Waals surface area contributed by atoms with Gasteiger partial charge in [-0.1, -0.05) is 6.07 Å². The third-order valence-electron chi connectivity index (χ3n) is 3.63. The van der Waals surface area contributed by atoms with Crippen LogP contribution in [0.25, 0.3) is 6.08 Å². The molecule has 3 rings (SSSR count). The molecule has 1 aliphatic rings. The molecule has 1 aliphatic heterocycles. The predicted molar refractivity (Wildman–Crippen MR) is 89.9 cm³/mol. The van der Waals surface area contributed by atoms with Gasteiger partial charge in [0.15, 0.2) is 0 Å². The minimum Gasteiger partial charge on any atom is -0.322 e. The minimum absolute atomic E-state index is 0.131. The molecule has 0 spiro atoms. The Labute approximate surface area is 134 Å². The molecule has 1 aromatic carbocycles. The molecule has 1 fully saturated rings. The number of nitrogens with one attached hydrogen (secondary N) is 1. The number of pyridine rings is 1. The molecule has 23 heavy (non-hydrogen) atoms. The molecule has 5 heteroatoms. The van der Waals surface area contributed by atoms with Crippen LogP contribution in [-0.2, 0) is 9.59 Å². The second kappa shape index (κ2) is 6.87. The maximum absolute atomic E-state index is 12.0. The summed E-state index contributed by atoms with van der Waals surface area (Å²) in [6, 6.07) is 11.0. The van der Waals surface area contributed by atoms with Crippen LogP contribution >= 0.6 is 0 Å². The Morgan fingerprint density at radius 1 is 1.22 bits per heavy atom. The molecule has 1 saturated heterocycles. The van der Waals surface area contributed by atoms with Gasteiger partial charge in [0.05, 0.1) is 0 Å². The first-order valence-corrected chi connectivity index (χ1v) is 7.52. The lowest BCUT2D eigenvalue weighted by Crippen LogP contribution is -2.23. The summed E-state index contributed by atoms with van der Waals surface area (Å²) in [4.78, 5) is 29.5. The lowest BCUT2D eigenvalue weighted by atomic mass is 10.2. The van der Waals surface area contributed by atoms with Crippen molar-refractivity contribution in [2.75, 3.05) is 16.8 Å². The third kappa shape index (κ3) is 3.83. The van der Waals surface area contributed by atoms with Crippen molar-refractivity contribution in [1.82, 2.24) is 4.98 Å². The lowest BCUT2D eigenvalue weighted by Gasteiger charge is -2.16. The van der Waals surface area contributed by atoms with Crippen molar-refractivity contribution in [3.8, 4) is 0 Å². The third-order valence-corrected chi connectivity index (χ3v) is 3.63. The number of aromatic nitrogens is 1. The van der Waals surface area contributed by atoms with Crippen molar-refractivity contribution in [3.05, 3.63) is 60.4 Å². The number of nitrogens with zero attached hydrogens (tertiary/aromatic N) is 2. The van der Waals surface area contributed by atoms with Crippen LogP contribution in [0.1, 0.15) is 18.4 Å². The standard InChI is InChI=1S/C18H17N3O2/c22-17(7-6-14-8-10-19-11-9-14)20-15-3-1-4-16(13-15)21-12-2-5-18(21)23/h1,3-4,6-11,13H,2,5,12H2,(H,20,22)/b7-6+. The molecule has 0 radical (unpaired) electrons. The summed E-state index contributed by atoms with van der Waals surface area (Å²) >= 11 is 0. The summed E-state index contributed by atoms with van der Waals surface area (Å²) in [6.07, 6.45) is 8.02. The van der Waals surface area contributed by atoms with Crippen LogP contribution in [0, 0.1) is 0 Å². The molecule has 0 unspecified atom stereocenters. The van der Waals surface area contributed by atoms with Crippen LogP contribution in [0.3, 0.4) is 0 Å².